The van der Waals surface area contributed by atoms with Crippen molar-refractivity contribution in [3.8, 4) is 0 Å². The highest BCUT2D eigenvalue weighted by Gasteiger charge is 2.28. The number of hydrogen-bond donors (Lipinski definition) is 0. The zero-order chi connectivity index (χ0) is 13.2. The van der Waals surface area contributed by atoms with Crippen molar-refractivity contribution in [2.24, 2.45) is 5.41 Å². The maximum atomic E-state index is 5.99. The van der Waals surface area contributed by atoms with Crippen LogP contribution >= 0.6 is 11.6 Å². The van der Waals surface area contributed by atoms with E-state index in [9.17, 15) is 0 Å². The van der Waals surface area contributed by atoms with Gasteiger partial charge >= 0.3 is 0 Å². The number of rotatable bonds is 3. The molecule has 0 bridgehead atoms. The Bertz CT molecular complexity index is 393. The van der Waals surface area contributed by atoms with Crippen molar-refractivity contribution < 1.29 is 0 Å². The predicted octanol–water partition coefficient (Wildman–Crippen LogP) is 4.14. The third-order valence-corrected chi connectivity index (χ3v) is 4.36. The van der Waals surface area contributed by atoms with Gasteiger partial charge in [-0.2, -0.15) is 0 Å². The van der Waals surface area contributed by atoms with Gasteiger partial charge in [-0.1, -0.05) is 25.4 Å². The van der Waals surface area contributed by atoms with Gasteiger partial charge in [-0.15, -0.1) is 0 Å². The van der Waals surface area contributed by atoms with Gasteiger partial charge in [-0.3, -0.25) is 9.88 Å². The molecule has 2 nitrogen and oxygen atoms in total. The zero-order valence-electron chi connectivity index (χ0n) is 11.6. The molecule has 0 aliphatic heterocycles. The van der Waals surface area contributed by atoms with Gasteiger partial charge < -0.3 is 0 Å². The van der Waals surface area contributed by atoms with E-state index in [1.54, 1.807) is 6.20 Å². The highest BCUT2D eigenvalue weighted by Crippen LogP contribution is 2.36. The second kappa shape index (κ2) is 5.58. The van der Waals surface area contributed by atoms with E-state index < -0.39 is 0 Å². The van der Waals surface area contributed by atoms with Gasteiger partial charge in [0, 0.05) is 23.8 Å². The van der Waals surface area contributed by atoms with E-state index >= 15 is 0 Å². The van der Waals surface area contributed by atoms with Gasteiger partial charge in [0.1, 0.15) is 0 Å². The summed E-state index contributed by atoms with van der Waals surface area (Å²) in [6.45, 7) is 5.65. The fourth-order valence-corrected chi connectivity index (χ4v) is 2.93. The average Bonchev–Trinajstić information content (AvgIpc) is 2.28. The number of hydrogen-bond acceptors (Lipinski definition) is 2. The van der Waals surface area contributed by atoms with Crippen molar-refractivity contribution in [1.82, 2.24) is 9.88 Å². The quantitative estimate of drug-likeness (QED) is 0.818. The first-order valence-electron chi connectivity index (χ1n) is 6.77. The Labute approximate surface area is 115 Å². The van der Waals surface area contributed by atoms with Crippen molar-refractivity contribution in [3.05, 3.63) is 29.0 Å². The van der Waals surface area contributed by atoms with Crippen LogP contribution in [0, 0.1) is 5.41 Å². The standard InChI is InChI=1S/C15H23ClN2/c1-15(2)7-4-14(5-8-15)18(3)11-13-10-12(16)6-9-17-13/h6,9-10,14H,4-5,7-8,11H2,1-3H3. The van der Waals surface area contributed by atoms with Crippen molar-refractivity contribution in [1.29, 1.82) is 0 Å². The van der Waals surface area contributed by atoms with Gasteiger partial charge in [-0.25, -0.2) is 0 Å². The summed E-state index contributed by atoms with van der Waals surface area (Å²) in [6, 6.07) is 4.48. The smallest absolute Gasteiger partial charge is 0.0558 e. The molecule has 0 atom stereocenters. The summed E-state index contributed by atoms with van der Waals surface area (Å²) in [5, 5.41) is 0.776. The van der Waals surface area contributed by atoms with Crippen LogP contribution in [0.3, 0.4) is 0 Å². The van der Waals surface area contributed by atoms with Crippen LogP contribution in [0.25, 0.3) is 0 Å². The molecule has 18 heavy (non-hydrogen) atoms. The Balaban J connectivity index is 1.91. The summed E-state index contributed by atoms with van der Waals surface area (Å²) >= 11 is 5.99. The molecule has 0 radical (unpaired) electrons. The van der Waals surface area contributed by atoms with E-state index in [1.165, 1.54) is 25.7 Å². The molecular weight excluding hydrogens is 244 g/mol. The van der Waals surface area contributed by atoms with Crippen molar-refractivity contribution in [2.75, 3.05) is 7.05 Å². The van der Waals surface area contributed by atoms with Crippen LogP contribution in [0.5, 0.6) is 0 Å². The van der Waals surface area contributed by atoms with Gasteiger partial charge in [0.2, 0.25) is 0 Å². The molecule has 1 saturated carbocycles. The topological polar surface area (TPSA) is 16.1 Å². The molecular formula is C15H23ClN2. The van der Waals surface area contributed by atoms with Gasteiger partial charge in [0.15, 0.2) is 0 Å². The summed E-state index contributed by atoms with van der Waals surface area (Å²) in [5.74, 6) is 0. The Kier molecular flexibility index (Phi) is 4.29. The molecule has 0 aromatic carbocycles. The molecule has 2 rings (SSSR count). The third kappa shape index (κ3) is 3.69. The lowest BCUT2D eigenvalue weighted by molar-refractivity contribution is 0.122. The van der Waals surface area contributed by atoms with E-state index in [2.05, 4.69) is 30.8 Å². The second-order valence-corrected chi connectivity index (χ2v) is 6.71. The van der Waals surface area contributed by atoms with Crippen LogP contribution in [-0.4, -0.2) is 23.0 Å². The van der Waals surface area contributed by atoms with Crippen LogP contribution in [-0.2, 0) is 6.54 Å². The first kappa shape index (κ1) is 13.8. The lowest BCUT2D eigenvalue weighted by Crippen LogP contribution is -2.36. The summed E-state index contributed by atoms with van der Waals surface area (Å²) in [5.41, 5.74) is 1.60. The first-order valence-corrected chi connectivity index (χ1v) is 7.15. The minimum atomic E-state index is 0.533. The van der Waals surface area contributed by atoms with Crippen LogP contribution < -0.4 is 0 Å². The van der Waals surface area contributed by atoms with Crippen LogP contribution in [0.2, 0.25) is 5.02 Å². The monoisotopic (exact) mass is 266 g/mol. The Morgan fingerprint density at radius 1 is 1.39 bits per heavy atom. The van der Waals surface area contributed by atoms with Gasteiger partial charge in [-0.05, 0) is 50.3 Å². The van der Waals surface area contributed by atoms with Crippen LogP contribution in [0.4, 0.5) is 0 Å². The van der Waals surface area contributed by atoms with Crippen molar-refractivity contribution >= 4 is 11.6 Å². The number of aromatic nitrogens is 1. The molecule has 3 heteroatoms. The SMILES string of the molecule is CN(Cc1cc(Cl)ccn1)C1CCC(C)(C)CC1. The molecule has 0 N–H and O–H groups in total. The van der Waals surface area contributed by atoms with Crippen molar-refractivity contribution in [3.63, 3.8) is 0 Å². The van der Waals surface area contributed by atoms with Gasteiger partial charge in [0.25, 0.3) is 0 Å². The first-order chi connectivity index (χ1) is 8.46. The molecule has 0 amide bonds. The number of nitrogens with zero attached hydrogens (tertiary/aromatic N) is 2. The van der Waals surface area contributed by atoms with Crippen LogP contribution in [0.15, 0.2) is 18.3 Å². The Morgan fingerprint density at radius 3 is 2.67 bits per heavy atom. The largest absolute Gasteiger partial charge is 0.298 e. The summed E-state index contributed by atoms with van der Waals surface area (Å²) in [6.07, 6.45) is 7.03. The molecule has 1 aromatic heterocycles. The molecule has 100 valence electrons. The highest BCUT2D eigenvalue weighted by atomic mass is 35.5. The van der Waals surface area contributed by atoms with E-state index in [0.29, 0.717) is 11.5 Å². The molecule has 1 aliphatic carbocycles. The molecule has 1 heterocycles. The molecule has 1 fully saturated rings. The Hall–Kier alpha value is -0.600. The van der Waals surface area contributed by atoms with Gasteiger partial charge in [0.05, 0.1) is 5.69 Å². The minimum Gasteiger partial charge on any atom is -0.298 e. The zero-order valence-corrected chi connectivity index (χ0v) is 12.4. The fraction of sp³-hybridized carbons (Fsp3) is 0.667. The fourth-order valence-electron chi connectivity index (χ4n) is 2.74. The predicted molar refractivity (Wildman–Crippen MR) is 76.8 cm³/mol. The molecule has 1 aliphatic rings. The van der Waals surface area contributed by atoms with E-state index in [1.807, 2.05) is 12.1 Å². The average molecular weight is 267 g/mol. The third-order valence-electron chi connectivity index (χ3n) is 4.12. The van der Waals surface area contributed by atoms with E-state index in [4.69, 9.17) is 11.6 Å². The Morgan fingerprint density at radius 2 is 2.06 bits per heavy atom. The molecule has 0 spiro atoms. The molecule has 0 saturated heterocycles. The summed E-state index contributed by atoms with van der Waals surface area (Å²) < 4.78 is 0. The summed E-state index contributed by atoms with van der Waals surface area (Å²) in [4.78, 5) is 6.80. The lowest BCUT2D eigenvalue weighted by atomic mass is 9.75. The van der Waals surface area contributed by atoms with E-state index in [-0.39, 0.29) is 0 Å². The van der Waals surface area contributed by atoms with Crippen molar-refractivity contribution in [2.45, 2.75) is 52.1 Å². The second-order valence-electron chi connectivity index (χ2n) is 6.28. The number of halogens is 1. The molecule has 0 unspecified atom stereocenters. The lowest BCUT2D eigenvalue weighted by Gasteiger charge is -2.38. The molecule has 1 aromatic rings. The van der Waals surface area contributed by atoms with E-state index in [0.717, 1.165) is 17.3 Å². The number of pyridine rings is 1. The normalized spacial score (nSPS) is 20.3. The maximum Gasteiger partial charge on any atom is 0.0558 e. The maximum absolute atomic E-state index is 5.99. The highest BCUT2D eigenvalue weighted by molar-refractivity contribution is 6.30. The minimum absolute atomic E-state index is 0.533. The summed E-state index contributed by atoms with van der Waals surface area (Å²) in [7, 11) is 2.20. The van der Waals surface area contributed by atoms with Crippen LogP contribution in [0.1, 0.15) is 45.2 Å².